The molecule has 0 bridgehead atoms. The zero-order valence-corrected chi connectivity index (χ0v) is 14.1. The molecule has 118 valence electrons. The van der Waals surface area contributed by atoms with E-state index < -0.39 is 0 Å². The predicted octanol–water partition coefficient (Wildman–Crippen LogP) is 3.12. The van der Waals surface area contributed by atoms with Gasteiger partial charge in [-0.25, -0.2) is 4.98 Å². The van der Waals surface area contributed by atoms with E-state index in [1.165, 1.54) is 11.3 Å². The maximum Gasteiger partial charge on any atom is 0.226 e. The van der Waals surface area contributed by atoms with Gasteiger partial charge in [0.1, 0.15) is 5.01 Å². The van der Waals surface area contributed by atoms with Crippen LogP contribution in [0, 0.1) is 0 Å². The topological polar surface area (TPSA) is 54.0 Å². The van der Waals surface area contributed by atoms with E-state index in [2.05, 4.69) is 22.5 Å². The van der Waals surface area contributed by atoms with Crippen molar-refractivity contribution in [2.75, 3.05) is 19.6 Å². The van der Waals surface area contributed by atoms with Crippen molar-refractivity contribution in [3.63, 3.8) is 0 Å². The maximum atomic E-state index is 11.9. The van der Waals surface area contributed by atoms with Gasteiger partial charge in [-0.3, -0.25) is 4.79 Å². The van der Waals surface area contributed by atoms with E-state index in [-0.39, 0.29) is 5.91 Å². The van der Waals surface area contributed by atoms with Crippen LogP contribution >= 0.6 is 22.9 Å². The number of hydrogen-bond donors (Lipinski definition) is 2. The highest BCUT2D eigenvalue weighted by Gasteiger charge is 2.10. The number of nitrogens with zero attached hydrogens (tertiary/aromatic N) is 1. The van der Waals surface area contributed by atoms with Gasteiger partial charge < -0.3 is 10.6 Å². The molecule has 0 aliphatic carbocycles. The maximum absolute atomic E-state index is 11.9. The minimum Gasteiger partial charge on any atom is -0.354 e. The fourth-order valence-corrected chi connectivity index (χ4v) is 3.11. The van der Waals surface area contributed by atoms with E-state index in [4.69, 9.17) is 11.6 Å². The summed E-state index contributed by atoms with van der Waals surface area (Å²) in [7, 11) is 0. The van der Waals surface area contributed by atoms with Crippen LogP contribution in [0.3, 0.4) is 0 Å². The van der Waals surface area contributed by atoms with Crippen LogP contribution in [0.1, 0.15) is 19.0 Å². The Hall–Kier alpha value is -1.43. The first-order chi connectivity index (χ1) is 10.7. The number of hydrogen-bond acceptors (Lipinski definition) is 4. The number of carbonyl (C=O) groups is 1. The van der Waals surface area contributed by atoms with E-state index in [0.717, 1.165) is 35.8 Å². The number of benzene rings is 1. The molecule has 1 aromatic heterocycles. The van der Waals surface area contributed by atoms with Crippen molar-refractivity contribution in [2.45, 2.75) is 19.8 Å². The molecule has 0 spiro atoms. The van der Waals surface area contributed by atoms with Crippen molar-refractivity contribution in [2.24, 2.45) is 0 Å². The van der Waals surface area contributed by atoms with E-state index in [0.29, 0.717) is 18.0 Å². The Labute approximate surface area is 139 Å². The van der Waals surface area contributed by atoms with E-state index in [1.54, 1.807) is 0 Å². The second kappa shape index (κ2) is 8.88. The van der Waals surface area contributed by atoms with Crippen molar-refractivity contribution in [3.8, 4) is 10.6 Å². The first kappa shape index (κ1) is 16.9. The summed E-state index contributed by atoms with van der Waals surface area (Å²) in [6, 6.07) is 7.59. The minimum absolute atomic E-state index is 0.00527. The van der Waals surface area contributed by atoms with Gasteiger partial charge in [-0.2, -0.15) is 0 Å². The molecule has 0 aliphatic heterocycles. The molecule has 0 fully saturated rings. The number of carbonyl (C=O) groups excluding carboxylic acids is 1. The third-order valence-corrected chi connectivity index (χ3v) is 4.30. The predicted molar refractivity (Wildman–Crippen MR) is 92.4 cm³/mol. The molecule has 2 aromatic rings. The molecular weight excluding hydrogens is 318 g/mol. The molecule has 2 N–H and O–H groups in total. The zero-order valence-electron chi connectivity index (χ0n) is 12.6. The monoisotopic (exact) mass is 337 g/mol. The van der Waals surface area contributed by atoms with Crippen molar-refractivity contribution in [1.29, 1.82) is 0 Å². The Balaban J connectivity index is 1.84. The molecule has 0 radical (unpaired) electrons. The lowest BCUT2D eigenvalue weighted by Gasteiger charge is -2.05. The molecule has 1 amide bonds. The molecule has 0 atom stereocenters. The van der Waals surface area contributed by atoms with Gasteiger partial charge in [0.05, 0.1) is 17.1 Å². The first-order valence-electron chi connectivity index (χ1n) is 7.37. The van der Waals surface area contributed by atoms with Gasteiger partial charge in [-0.1, -0.05) is 36.7 Å². The molecular formula is C16H20ClN3OS. The summed E-state index contributed by atoms with van der Waals surface area (Å²) in [5.74, 6) is -0.00527. The van der Waals surface area contributed by atoms with E-state index in [9.17, 15) is 4.79 Å². The van der Waals surface area contributed by atoms with Gasteiger partial charge >= 0.3 is 0 Å². The lowest BCUT2D eigenvalue weighted by molar-refractivity contribution is -0.120. The normalized spacial score (nSPS) is 10.6. The number of aromatic nitrogens is 1. The molecule has 6 heteroatoms. The largest absolute Gasteiger partial charge is 0.354 e. The third kappa shape index (κ3) is 5.09. The van der Waals surface area contributed by atoms with Crippen molar-refractivity contribution in [3.05, 3.63) is 40.4 Å². The summed E-state index contributed by atoms with van der Waals surface area (Å²) < 4.78 is 0. The van der Waals surface area contributed by atoms with Crippen LogP contribution in [0.25, 0.3) is 10.6 Å². The molecule has 1 heterocycles. The summed E-state index contributed by atoms with van der Waals surface area (Å²) in [6.45, 7) is 4.52. The van der Waals surface area contributed by atoms with Gasteiger partial charge in [0.15, 0.2) is 0 Å². The first-order valence-corrected chi connectivity index (χ1v) is 8.63. The van der Waals surface area contributed by atoms with Crippen LogP contribution < -0.4 is 10.6 Å². The van der Waals surface area contributed by atoms with E-state index >= 15 is 0 Å². The summed E-state index contributed by atoms with van der Waals surface area (Å²) >= 11 is 7.67. The van der Waals surface area contributed by atoms with Crippen LogP contribution in [-0.4, -0.2) is 30.5 Å². The SMILES string of the molecule is CCCNCCNC(=O)Cc1csc(-c2ccccc2Cl)n1. The fourth-order valence-electron chi connectivity index (χ4n) is 1.97. The molecule has 2 rings (SSSR count). The molecule has 0 aliphatic rings. The van der Waals surface area contributed by atoms with E-state index in [1.807, 2.05) is 29.6 Å². The Kier molecular flexibility index (Phi) is 6.83. The highest BCUT2D eigenvalue weighted by Crippen LogP contribution is 2.30. The van der Waals surface area contributed by atoms with Gasteiger partial charge in [-0.15, -0.1) is 11.3 Å². The molecule has 0 saturated carbocycles. The molecule has 0 unspecified atom stereocenters. The number of thiazole rings is 1. The van der Waals surface area contributed by atoms with Crippen molar-refractivity contribution >= 4 is 28.8 Å². The van der Waals surface area contributed by atoms with Crippen molar-refractivity contribution < 1.29 is 4.79 Å². The summed E-state index contributed by atoms with van der Waals surface area (Å²) in [5.41, 5.74) is 1.68. The Morgan fingerprint density at radius 2 is 2.09 bits per heavy atom. The van der Waals surface area contributed by atoms with Crippen LogP contribution in [-0.2, 0) is 11.2 Å². The summed E-state index contributed by atoms with van der Waals surface area (Å²) in [4.78, 5) is 16.4. The van der Waals surface area contributed by atoms with Gasteiger partial charge in [0, 0.05) is 24.0 Å². The molecule has 22 heavy (non-hydrogen) atoms. The molecule has 0 saturated heterocycles. The smallest absolute Gasteiger partial charge is 0.226 e. The summed E-state index contributed by atoms with van der Waals surface area (Å²) in [5, 5.41) is 9.56. The number of rotatable bonds is 8. The standard InChI is InChI=1S/C16H20ClN3OS/c1-2-7-18-8-9-19-15(21)10-12-11-22-16(20-12)13-5-3-4-6-14(13)17/h3-6,11,18H,2,7-10H2,1H3,(H,19,21). The molecule has 4 nitrogen and oxygen atoms in total. The van der Waals surface area contributed by atoms with Crippen molar-refractivity contribution in [1.82, 2.24) is 15.6 Å². The van der Waals surface area contributed by atoms with Gasteiger partial charge in [-0.05, 0) is 19.0 Å². The Bertz CT molecular complexity index is 615. The van der Waals surface area contributed by atoms with Crippen LogP contribution in [0.2, 0.25) is 5.02 Å². The highest BCUT2D eigenvalue weighted by atomic mass is 35.5. The lowest BCUT2D eigenvalue weighted by Crippen LogP contribution is -2.33. The van der Waals surface area contributed by atoms with Gasteiger partial charge in [0.25, 0.3) is 0 Å². The van der Waals surface area contributed by atoms with Gasteiger partial charge in [0.2, 0.25) is 5.91 Å². The second-order valence-electron chi connectivity index (χ2n) is 4.90. The minimum atomic E-state index is -0.00527. The Morgan fingerprint density at radius 1 is 1.27 bits per heavy atom. The third-order valence-electron chi connectivity index (χ3n) is 3.05. The van der Waals surface area contributed by atoms with Crippen LogP contribution in [0.4, 0.5) is 0 Å². The highest BCUT2D eigenvalue weighted by molar-refractivity contribution is 7.13. The fraction of sp³-hybridized carbons (Fsp3) is 0.375. The molecule has 1 aromatic carbocycles. The average molecular weight is 338 g/mol. The second-order valence-corrected chi connectivity index (χ2v) is 6.17. The van der Waals surface area contributed by atoms with Crippen LogP contribution in [0.15, 0.2) is 29.6 Å². The quantitative estimate of drug-likeness (QED) is 0.728. The van der Waals surface area contributed by atoms with Crippen LogP contribution in [0.5, 0.6) is 0 Å². The average Bonchev–Trinajstić information content (AvgIpc) is 2.95. The number of amides is 1. The Morgan fingerprint density at radius 3 is 2.86 bits per heavy atom. The number of nitrogens with one attached hydrogen (secondary N) is 2. The summed E-state index contributed by atoms with van der Waals surface area (Å²) in [6.07, 6.45) is 1.40. The number of halogens is 1. The lowest BCUT2D eigenvalue weighted by atomic mass is 10.2. The zero-order chi connectivity index (χ0) is 15.8.